The molecule has 0 aliphatic heterocycles. The summed E-state index contributed by atoms with van der Waals surface area (Å²) in [5.41, 5.74) is 1.01. The molecule has 0 saturated heterocycles. The summed E-state index contributed by atoms with van der Waals surface area (Å²) in [6.07, 6.45) is 11.5. The highest BCUT2D eigenvalue weighted by Crippen LogP contribution is 2.33. The second-order valence-corrected chi connectivity index (χ2v) is 5.51. The molecule has 0 N–H and O–H groups in total. The molecule has 1 aliphatic carbocycles. The first-order valence-electron chi connectivity index (χ1n) is 5.66. The molecule has 0 amide bonds. The maximum absolute atomic E-state index is 4.48. The molecule has 0 bridgehead atoms. The summed E-state index contributed by atoms with van der Waals surface area (Å²) in [5.74, 6) is 0. The fourth-order valence-electron chi connectivity index (χ4n) is 2.36. The van der Waals surface area contributed by atoms with Crippen molar-refractivity contribution < 1.29 is 0 Å². The number of allylic oxidation sites excluding steroid dienone is 4. The van der Waals surface area contributed by atoms with Gasteiger partial charge in [0.1, 0.15) is 5.65 Å². The van der Waals surface area contributed by atoms with Gasteiger partial charge < -0.3 is 4.57 Å². The van der Waals surface area contributed by atoms with Crippen LogP contribution >= 0.6 is 15.9 Å². The molecule has 2 nitrogen and oxygen atoms in total. The van der Waals surface area contributed by atoms with Crippen LogP contribution in [0.25, 0.3) is 11.0 Å². The zero-order chi connectivity index (χ0) is 11.9. The van der Waals surface area contributed by atoms with Gasteiger partial charge in [-0.25, -0.2) is 4.98 Å². The highest BCUT2D eigenvalue weighted by Gasteiger charge is 2.26. The molecule has 0 spiro atoms. The molecule has 2 aromatic rings. The Morgan fingerprint density at radius 3 is 3.12 bits per heavy atom. The third kappa shape index (κ3) is 1.75. The molecule has 2 aromatic heterocycles. The normalized spacial score (nSPS) is 24.0. The van der Waals surface area contributed by atoms with Crippen molar-refractivity contribution in [3.05, 3.63) is 53.3 Å². The number of fused-ring (bicyclic) bond motifs is 1. The van der Waals surface area contributed by atoms with Gasteiger partial charge in [0.15, 0.2) is 0 Å². The molecule has 86 valence electrons. The van der Waals surface area contributed by atoms with Crippen LogP contribution in [0.2, 0.25) is 0 Å². The summed E-state index contributed by atoms with van der Waals surface area (Å²) in [5, 5.41) is 1.19. The van der Waals surface area contributed by atoms with Gasteiger partial charge in [-0.15, -0.1) is 0 Å². The maximum atomic E-state index is 4.48. The minimum absolute atomic E-state index is 0.0380. The number of rotatable bonds is 1. The van der Waals surface area contributed by atoms with E-state index in [0.717, 1.165) is 16.6 Å². The summed E-state index contributed by atoms with van der Waals surface area (Å²) < 4.78 is 3.37. The summed E-state index contributed by atoms with van der Waals surface area (Å²) in [6.45, 7) is 2.23. The Hall–Kier alpha value is -1.35. The first kappa shape index (κ1) is 10.8. The molecular formula is C14H13BrN2. The van der Waals surface area contributed by atoms with Gasteiger partial charge in [-0.05, 0) is 37.6 Å². The number of hydrogen-bond acceptors (Lipinski definition) is 1. The molecule has 0 aromatic carbocycles. The van der Waals surface area contributed by atoms with Crippen molar-refractivity contribution in [2.75, 3.05) is 0 Å². The van der Waals surface area contributed by atoms with Crippen LogP contribution < -0.4 is 0 Å². The zero-order valence-electron chi connectivity index (χ0n) is 9.60. The lowest BCUT2D eigenvalue weighted by Gasteiger charge is -2.30. The van der Waals surface area contributed by atoms with Crippen LogP contribution in [0.15, 0.2) is 53.3 Å². The molecule has 3 rings (SSSR count). The Bertz CT molecular complexity index is 624. The maximum Gasteiger partial charge on any atom is 0.140 e. The second kappa shape index (κ2) is 3.84. The Morgan fingerprint density at radius 2 is 2.29 bits per heavy atom. The third-order valence-corrected chi connectivity index (χ3v) is 3.75. The highest BCUT2D eigenvalue weighted by atomic mass is 79.9. The van der Waals surface area contributed by atoms with E-state index in [-0.39, 0.29) is 5.54 Å². The van der Waals surface area contributed by atoms with E-state index in [1.54, 1.807) is 0 Å². The van der Waals surface area contributed by atoms with Gasteiger partial charge in [0.05, 0.1) is 5.54 Å². The van der Waals surface area contributed by atoms with E-state index in [1.165, 1.54) is 5.39 Å². The van der Waals surface area contributed by atoms with Crippen LogP contribution in [0.3, 0.4) is 0 Å². The van der Waals surface area contributed by atoms with Gasteiger partial charge in [0.25, 0.3) is 0 Å². The number of pyridine rings is 1. The van der Waals surface area contributed by atoms with Gasteiger partial charge in [-0.3, -0.25) is 0 Å². The van der Waals surface area contributed by atoms with Gasteiger partial charge in [0.2, 0.25) is 0 Å². The molecule has 0 radical (unpaired) electrons. The van der Waals surface area contributed by atoms with Crippen molar-refractivity contribution in [2.45, 2.75) is 18.9 Å². The number of aromatic nitrogens is 2. The Kier molecular flexibility index (Phi) is 2.44. The van der Waals surface area contributed by atoms with E-state index in [1.807, 2.05) is 12.3 Å². The van der Waals surface area contributed by atoms with Crippen molar-refractivity contribution in [2.24, 2.45) is 0 Å². The highest BCUT2D eigenvalue weighted by molar-refractivity contribution is 9.11. The molecule has 0 saturated carbocycles. The second-order valence-electron chi connectivity index (χ2n) is 4.59. The fourth-order valence-corrected chi connectivity index (χ4v) is 3.04. The Labute approximate surface area is 109 Å². The summed E-state index contributed by atoms with van der Waals surface area (Å²) in [7, 11) is 0. The predicted octanol–water partition coefficient (Wildman–Crippen LogP) is 3.99. The van der Waals surface area contributed by atoms with Crippen LogP contribution in [-0.4, -0.2) is 9.55 Å². The molecule has 17 heavy (non-hydrogen) atoms. The first-order valence-corrected chi connectivity index (χ1v) is 6.46. The van der Waals surface area contributed by atoms with Crippen molar-refractivity contribution in [3.8, 4) is 0 Å². The molecule has 1 unspecified atom stereocenters. The van der Waals surface area contributed by atoms with Crippen molar-refractivity contribution in [3.63, 3.8) is 0 Å². The van der Waals surface area contributed by atoms with Crippen molar-refractivity contribution in [1.29, 1.82) is 0 Å². The number of halogens is 1. The van der Waals surface area contributed by atoms with Gasteiger partial charge in [-0.1, -0.05) is 28.1 Å². The number of nitrogens with zero attached hydrogens (tertiary/aromatic N) is 2. The Morgan fingerprint density at radius 1 is 1.41 bits per heavy atom. The molecule has 1 aliphatic rings. The molecule has 3 heteroatoms. The monoisotopic (exact) mass is 288 g/mol. The summed E-state index contributed by atoms with van der Waals surface area (Å²) in [4.78, 5) is 4.48. The minimum atomic E-state index is -0.0380. The largest absolute Gasteiger partial charge is 0.323 e. The van der Waals surface area contributed by atoms with Gasteiger partial charge >= 0.3 is 0 Å². The topological polar surface area (TPSA) is 17.8 Å². The van der Waals surface area contributed by atoms with Crippen LogP contribution in [0, 0.1) is 0 Å². The molecule has 0 fully saturated rings. The van der Waals surface area contributed by atoms with E-state index >= 15 is 0 Å². The van der Waals surface area contributed by atoms with Crippen molar-refractivity contribution >= 4 is 27.0 Å². The van der Waals surface area contributed by atoms with E-state index in [0.29, 0.717) is 0 Å². The van der Waals surface area contributed by atoms with E-state index in [9.17, 15) is 0 Å². The molecular weight excluding hydrogens is 276 g/mol. The lowest BCUT2D eigenvalue weighted by molar-refractivity contribution is 0.422. The van der Waals surface area contributed by atoms with Crippen LogP contribution in [0.4, 0.5) is 0 Å². The zero-order valence-corrected chi connectivity index (χ0v) is 11.2. The quantitative estimate of drug-likeness (QED) is 0.776. The average molecular weight is 289 g/mol. The first-order chi connectivity index (χ1) is 8.19. The van der Waals surface area contributed by atoms with Crippen molar-refractivity contribution in [1.82, 2.24) is 9.55 Å². The van der Waals surface area contributed by atoms with E-state index in [4.69, 9.17) is 0 Å². The lowest BCUT2D eigenvalue weighted by Crippen LogP contribution is -2.28. The Balaban J connectivity index is 2.19. The minimum Gasteiger partial charge on any atom is -0.323 e. The fraction of sp³-hybridized carbons (Fsp3) is 0.214. The van der Waals surface area contributed by atoms with Gasteiger partial charge in [0, 0.05) is 22.3 Å². The predicted molar refractivity (Wildman–Crippen MR) is 74.1 cm³/mol. The standard InChI is InChI=1S/C14H13BrN2/c1-14(7-2-5-12(15)10-14)17-9-6-11-4-3-8-16-13(11)17/h2-6,8-10H,7H2,1H3. The SMILES string of the molecule is CC1(n2ccc3cccnc32)C=C(Br)C=CC1. The van der Waals surface area contributed by atoms with E-state index in [2.05, 4.69) is 69.0 Å². The summed E-state index contributed by atoms with van der Waals surface area (Å²) >= 11 is 3.55. The smallest absolute Gasteiger partial charge is 0.140 e. The van der Waals surface area contributed by atoms with E-state index < -0.39 is 0 Å². The number of hydrogen-bond donors (Lipinski definition) is 0. The van der Waals surface area contributed by atoms with Crippen LogP contribution in [0.1, 0.15) is 13.3 Å². The average Bonchev–Trinajstić information content (AvgIpc) is 2.72. The van der Waals surface area contributed by atoms with Gasteiger partial charge in [-0.2, -0.15) is 0 Å². The molecule has 2 heterocycles. The van der Waals surface area contributed by atoms with Crippen LogP contribution in [0.5, 0.6) is 0 Å². The third-order valence-electron chi connectivity index (χ3n) is 3.26. The van der Waals surface area contributed by atoms with Crippen LogP contribution in [-0.2, 0) is 5.54 Å². The summed E-state index contributed by atoms with van der Waals surface area (Å²) in [6, 6.07) is 6.19. The lowest BCUT2D eigenvalue weighted by atomic mass is 9.93. The molecule has 1 atom stereocenters.